The van der Waals surface area contributed by atoms with Gasteiger partial charge in [-0.2, -0.15) is 0 Å². The lowest BCUT2D eigenvalue weighted by Crippen LogP contribution is -2.04. The lowest BCUT2D eigenvalue weighted by Gasteiger charge is -2.06. The predicted molar refractivity (Wildman–Crippen MR) is 54.8 cm³/mol. The summed E-state index contributed by atoms with van der Waals surface area (Å²) in [7, 11) is 0. The Bertz CT molecular complexity index is 569. The molecule has 0 aliphatic carbocycles. The van der Waals surface area contributed by atoms with Crippen LogP contribution >= 0.6 is 0 Å². The first-order valence-electron chi connectivity index (χ1n) is 4.50. The van der Waals surface area contributed by atoms with Gasteiger partial charge in [-0.1, -0.05) is 12.1 Å². The SMILES string of the molecule is Cc1oc(=O)c2c(O)cccc2c1CO. The van der Waals surface area contributed by atoms with Crippen LogP contribution in [0, 0.1) is 6.92 Å². The van der Waals surface area contributed by atoms with Crippen molar-refractivity contribution in [1.82, 2.24) is 0 Å². The Kier molecular flexibility index (Phi) is 2.21. The standard InChI is InChI=1S/C11H10O4/c1-6-8(5-12)7-3-2-4-9(13)10(7)11(14)15-6/h2-4,12-13H,5H2,1H3. The van der Waals surface area contributed by atoms with Crippen molar-refractivity contribution in [2.45, 2.75) is 13.5 Å². The van der Waals surface area contributed by atoms with E-state index in [2.05, 4.69) is 0 Å². The predicted octanol–water partition coefficient (Wildman–Crippen LogP) is 1.30. The number of phenolic OH excluding ortho intramolecular Hbond substituents is 1. The minimum Gasteiger partial charge on any atom is -0.507 e. The summed E-state index contributed by atoms with van der Waals surface area (Å²) >= 11 is 0. The van der Waals surface area contributed by atoms with E-state index in [1.807, 2.05) is 0 Å². The van der Waals surface area contributed by atoms with E-state index >= 15 is 0 Å². The summed E-state index contributed by atoms with van der Waals surface area (Å²) in [6, 6.07) is 4.70. The summed E-state index contributed by atoms with van der Waals surface area (Å²) in [6.45, 7) is 1.38. The molecule has 1 heterocycles. The second-order valence-electron chi connectivity index (χ2n) is 3.28. The van der Waals surface area contributed by atoms with Crippen molar-refractivity contribution < 1.29 is 14.6 Å². The number of phenols is 1. The maximum absolute atomic E-state index is 11.5. The van der Waals surface area contributed by atoms with Crippen LogP contribution in [-0.4, -0.2) is 10.2 Å². The summed E-state index contributed by atoms with van der Waals surface area (Å²) in [6.07, 6.45) is 0. The Balaban J connectivity index is 3.03. The second kappa shape index (κ2) is 3.40. The first kappa shape index (κ1) is 9.73. The monoisotopic (exact) mass is 206 g/mol. The highest BCUT2D eigenvalue weighted by atomic mass is 16.4. The summed E-state index contributed by atoms with van der Waals surface area (Å²) in [5.74, 6) is 0.247. The minimum absolute atomic E-state index is 0.118. The van der Waals surface area contributed by atoms with Crippen molar-refractivity contribution in [3.05, 3.63) is 39.9 Å². The second-order valence-corrected chi connectivity index (χ2v) is 3.28. The van der Waals surface area contributed by atoms with Crippen molar-refractivity contribution in [3.8, 4) is 5.75 Å². The van der Waals surface area contributed by atoms with Gasteiger partial charge in [0.25, 0.3) is 0 Å². The van der Waals surface area contributed by atoms with Gasteiger partial charge in [-0.15, -0.1) is 0 Å². The van der Waals surface area contributed by atoms with Crippen LogP contribution < -0.4 is 5.63 Å². The summed E-state index contributed by atoms with van der Waals surface area (Å²) < 4.78 is 4.92. The Labute approximate surface area is 85.4 Å². The highest BCUT2D eigenvalue weighted by Gasteiger charge is 2.12. The largest absolute Gasteiger partial charge is 0.507 e. The molecule has 2 aromatic rings. The molecule has 4 heteroatoms. The fourth-order valence-electron chi connectivity index (χ4n) is 1.64. The van der Waals surface area contributed by atoms with E-state index in [0.717, 1.165) is 0 Å². The normalized spacial score (nSPS) is 10.8. The fraction of sp³-hybridized carbons (Fsp3) is 0.182. The minimum atomic E-state index is -0.585. The molecule has 0 aliphatic heterocycles. The van der Waals surface area contributed by atoms with Gasteiger partial charge in [-0.05, 0) is 13.0 Å². The van der Waals surface area contributed by atoms with Crippen LogP contribution in [-0.2, 0) is 6.61 Å². The topological polar surface area (TPSA) is 70.7 Å². The quantitative estimate of drug-likeness (QED) is 0.737. The maximum Gasteiger partial charge on any atom is 0.347 e. The van der Waals surface area contributed by atoms with Crippen LogP contribution in [0.5, 0.6) is 5.75 Å². The molecular formula is C11H10O4. The molecular weight excluding hydrogens is 196 g/mol. The van der Waals surface area contributed by atoms with Gasteiger partial charge in [0.1, 0.15) is 16.9 Å². The van der Waals surface area contributed by atoms with Crippen LogP contribution in [0.4, 0.5) is 0 Å². The number of benzene rings is 1. The van der Waals surface area contributed by atoms with Gasteiger partial charge < -0.3 is 14.6 Å². The van der Waals surface area contributed by atoms with Crippen molar-refractivity contribution >= 4 is 10.8 Å². The molecule has 0 bridgehead atoms. The van der Waals surface area contributed by atoms with Gasteiger partial charge in [0.2, 0.25) is 0 Å². The van der Waals surface area contributed by atoms with Gasteiger partial charge in [0.05, 0.1) is 6.61 Å². The molecule has 4 nitrogen and oxygen atoms in total. The van der Waals surface area contributed by atoms with Crippen molar-refractivity contribution in [2.24, 2.45) is 0 Å². The molecule has 0 unspecified atom stereocenters. The van der Waals surface area contributed by atoms with Crippen molar-refractivity contribution in [2.75, 3.05) is 0 Å². The van der Waals surface area contributed by atoms with Crippen LogP contribution in [0.15, 0.2) is 27.4 Å². The number of rotatable bonds is 1. The first-order chi connectivity index (χ1) is 7.15. The molecule has 0 saturated carbocycles. The van der Waals surface area contributed by atoms with Gasteiger partial charge in [0.15, 0.2) is 0 Å². The summed E-state index contributed by atoms with van der Waals surface area (Å²) in [4.78, 5) is 11.5. The third-order valence-electron chi connectivity index (χ3n) is 2.40. The molecule has 1 aromatic heterocycles. The van der Waals surface area contributed by atoms with Crippen LogP contribution in [0.25, 0.3) is 10.8 Å². The van der Waals surface area contributed by atoms with E-state index in [4.69, 9.17) is 9.52 Å². The fourth-order valence-corrected chi connectivity index (χ4v) is 1.64. The molecule has 2 rings (SSSR count). The van der Waals surface area contributed by atoms with E-state index in [1.165, 1.54) is 6.07 Å². The van der Waals surface area contributed by atoms with E-state index < -0.39 is 5.63 Å². The zero-order valence-electron chi connectivity index (χ0n) is 8.15. The van der Waals surface area contributed by atoms with Gasteiger partial charge in [-0.3, -0.25) is 0 Å². The third-order valence-corrected chi connectivity index (χ3v) is 2.40. The highest BCUT2D eigenvalue weighted by Crippen LogP contribution is 2.25. The molecule has 2 N–H and O–H groups in total. The number of hydrogen-bond donors (Lipinski definition) is 2. The Morgan fingerprint density at radius 3 is 2.80 bits per heavy atom. The maximum atomic E-state index is 11.5. The first-order valence-corrected chi connectivity index (χ1v) is 4.50. The van der Waals surface area contributed by atoms with Crippen LogP contribution in [0.3, 0.4) is 0 Å². The van der Waals surface area contributed by atoms with E-state index in [1.54, 1.807) is 19.1 Å². The highest BCUT2D eigenvalue weighted by molar-refractivity contribution is 5.89. The number of aromatic hydroxyl groups is 1. The lowest BCUT2D eigenvalue weighted by molar-refractivity contribution is 0.277. The molecule has 0 aliphatic rings. The number of aryl methyl sites for hydroxylation is 1. The third kappa shape index (κ3) is 1.39. The summed E-state index contributed by atoms with van der Waals surface area (Å²) in [5, 5.41) is 19.3. The molecule has 1 aromatic carbocycles. The van der Waals surface area contributed by atoms with E-state index in [-0.39, 0.29) is 17.7 Å². The molecule has 78 valence electrons. The molecule has 0 atom stereocenters. The smallest absolute Gasteiger partial charge is 0.347 e. The van der Waals surface area contributed by atoms with Crippen molar-refractivity contribution in [3.63, 3.8) is 0 Å². The Morgan fingerprint density at radius 2 is 2.13 bits per heavy atom. The Hall–Kier alpha value is -1.81. The number of hydrogen-bond acceptors (Lipinski definition) is 4. The van der Waals surface area contributed by atoms with Crippen molar-refractivity contribution in [1.29, 1.82) is 0 Å². The van der Waals surface area contributed by atoms with Gasteiger partial charge in [-0.25, -0.2) is 4.79 Å². The average molecular weight is 206 g/mol. The molecule has 0 saturated heterocycles. The molecule has 0 radical (unpaired) electrons. The summed E-state index contributed by atoms with van der Waals surface area (Å²) in [5.41, 5.74) is -0.0571. The van der Waals surface area contributed by atoms with E-state index in [0.29, 0.717) is 16.7 Å². The molecule has 0 spiro atoms. The number of aliphatic hydroxyl groups is 1. The molecule has 15 heavy (non-hydrogen) atoms. The average Bonchev–Trinajstić information content (AvgIpc) is 2.17. The molecule has 0 fully saturated rings. The van der Waals surface area contributed by atoms with Gasteiger partial charge >= 0.3 is 5.63 Å². The number of fused-ring (bicyclic) bond motifs is 1. The Morgan fingerprint density at radius 1 is 1.40 bits per heavy atom. The van der Waals surface area contributed by atoms with Crippen LogP contribution in [0.1, 0.15) is 11.3 Å². The molecule has 0 amide bonds. The van der Waals surface area contributed by atoms with Crippen LogP contribution in [0.2, 0.25) is 0 Å². The van der Waals surface area contributed by atoms with Gasteiger partial charge in [0, 0.05) is 10.9 Å². The number of aliphatic hydroxyl groups excluding tert-OH is 1. The lowest BCUT2D eigenvalue weighted by atomic mass is 10.1. The zero-order chi connectivity index (χ0) is 11.0. The zero-order valence-corrected chi connectivity index (χ0v) is 8.15. The van der Waals surface area contributed by atoms with E-state index in [9.17, 15) is 9.90 Å².